The highest BCUT2D eigenvalue weighted by Gasteiger charge is 2.08. The van der Waals surface area contributed by atoms with Crippen molar-refractivity contribution in [1.82, 2.24) is 0 Å². The van der Waals surface area contributed by atoms with E-state index in [-0.39, 0.29) is 0 Å². The maximum Gasteiger partial charge on any atom is 0.00750 e. The summed E-state index contributed by atoms with van der Waals surface area (Å²) in [5.41, 5.74) is 0. The lowest BCUT2D eigenvalue weighted by atomic mass is 10.2. The minimum absolute atomic E-state index is 0.439. The van der Waals surface area contributed by atoms with Crippen molar-refractivity contribution < 1.29 is 0 Å². The van der Waals surface area contributed by atoms with Gasteiger partial charge in [0.2, 0.25) is 0 Å². The number of rotatable bonds is 5. The van der Waals surface area contributed by atoms with E-state index in [0.29, 0.717) is 4.75 Å². The van der Waals surface area contributed by atoms with Crippen molar-refractivity contribution in [3.63, 3.8) is 0 Å². The maximum absolute atomic E-state index is 3.70. The summed E-state index contributed by atoms with van der Waals surface area (Å²) in [4.78, 5) is 0. The highest BCUT2D eigenvalue weighted by atomic mass is 32.2. The van der Waals surface area contributed by atoms with Crippen LogP contribution in [-0.4, -0.2) is 10.5 Å². The minimum atomic E-state index is 0.439. The molecule has 0 aromatic rings. The third-order valence-electron chi connectivity index (χ3n) is 1.34. The first-order chi connectivity index (χ1) is 5.06. The van der Waals surface area contributed by atoms with Crippen LogP contribution in [0.5, 0.6) is 0 Å². The zero-order valence-electron chi connectivity index (χ0n) is 8.02. The molecule has 0 fully saturated rings. The molecule has 0 radical (unpaired) electrons. The average Bonchev–Trinajstić information content (AvgIpc) is 1.85. The second-order valence-corrected chi connectivity index (χ2v) is 5.67. The number of hydrogen-bond donors (Lipinski definition) is 0. The lowest BCUT2D eigenvalue weighted by molar-refractivity contribution is 0.783. The van der Waals surface area contributed by atoms with Gasteiger partial charge in [0.15, 0.2) is 0 Å². The maximum atomic E-state index is 3.70. The van der Waals surface area contributed by atoms with Crippen LogP contribution >= 0.6 is 11.8 Å². The molecule has 11 heavy (non-hydrogen) atoms. The van der Waals surface area contributed by atoms with Gasteiger partial charge in [0, 0.05) is 4.75 Å². The number of unbranched alkanes of at least 4 members (excludes halogenated alkanes) is 2. The summed E-state index contributed by atoms with van der Waals surface area (Å²) in [5, 5.41) is 0. The van der Waals surface area contributed by atoms with Gasteiger partial charge in [0.25, 0.3) is 0 Å². The third kappa shape index (κ3) is 10.1. The molecule has 0 atom stereocenters. The van der Waals surface area contributed by atoms with Gasteiger partial charge in [-0.2, -0.15) is 11.8 Å². The van der Waals surface area contributed by atoms with Gasteiger partial charge in [0.05, 0.1) is 0 Å². The zero-order valence-corrected chi connectivity index (χ0v) is 8.84. The normalized spacial score (nSPS) is 11.5. The molecule has 0 aliphatic rings. The van der Waals surface area contributed by atoms with Crippen LogP contribution in [0.3, 0.4) is 0 Å². The second-order valence-electron chi connectivity index (χ2n) is 3.75. The van der Waals surface area contributed by atoms with Gasteiger partial charge in [-0.15, -0.1) is 6.58 Å². The molecular formula is C10H20S. The predicted molar refractivity (Wildman–Crippen MR) is 56.3 cm³/mol. The first-order valence-electron chi connectivity index (χ1n) is 4.31. The SMILES string of the molecule is C=CCCCCSC(C)(C)C. The Kier molecular flexibility index (Phi) is 5.75. The van der Waals surface area contributed by atoms with E-state index in [1.807, 2.05) is 17.8 Å². The van der Waals surface area contributed by atoms with Crippen LogP contribution in [0.2, 0.25) is 0 Å². The smallest absolute Gasteiger partial charge is 0.00750 e. The van der Waals surface area contributed by atoms with Crippen LogP contribution in [0.4, 0.5) is 0 Å². The van der Waals surface area contributed by atoms with Gasteiger partial charge in [-0.05, 0) is 25.0 Å². The summed E-state index contributed by atoms with van der Waals surface area (Å²) >= 11 is 2.05. The van der Waals surface area contributed by atoms with Crippen molar-refractivity contribution in [1.29, 1.82) is 0 Å². The van der Waals surface area contributed by atoms with Crippen LogP contribution in [-0.2, 0) is 0 Å². The Morgan fingerprint density at radius 1 is 1.27 bits per heavy atom. The Balaban J connectivity index is 3.08. The molecule has 0 aliphatic carbocycles. The monoisotopic (exact) mass is 172 g/mol. The van der Waals surface area contributed by atoms with Gasteiger partial charge in [0.1, 0.15) is 0 Å². The highest BCUT2D eigenvalue weighted by molar-refractivity contribution is 8.00. The Bertz CT molecular complexity index is 99.9. The summed E-state index contributed by atoms with van der Waals surface area (Å²) in [5.74, 6) is 1.29. The average molecular weight is 172 g/mol. The summed E-state index contributed by atoms with van der Waals surface area (Å²) in [6, 6.07) is 0. The zero-order chi connectivity index (χ0) is 8.74. The summed E-state index contributed by atoms with van der Waals surface area (Å²) in [7, 11) is 0. The number of thioether (sulfide) groups is 1. The Hall–Kier alpha value is 0.0900. The molecular weight excluding hydrogens is 152 g/mol. The quantitative estimate of drug-likeness (QED) is 0.448. The van der Waals surface area contributed by atoms with Crippen molar-refractivity contribution in [2.24, 2.45) is 0 Å². The summed E-state index contributed by atoms with van der Waals surface area (Å²) < 4.78 is 0.439. The molecule has 66 valence electrons. The van der Waals surface area contributed by atoms with Gasteiger partial charge < -0.3 is 0 Å². The summed E-state index contributed by atoms with van der Waals surface area (Å²) in [6.45, 7) is 10.5. The van der Waals surface area contributed by atoms with Crippen molar-refractivity contribution in [3.8, 4) is 0 Å². The first-order valence-corrected chi connectivity index (χ1v) is 5.29. The lowest BCUT2D eigenvalue weighted by Gasteiger charge is -2.16. The van der Waals surface area contributed by atoms with E-state index in [1.54, 1.807) is 0 Å². The number of hydrogen-bond acceptors (Lipinski definition) is 1. The Morgan fingerprint density at radius 3 is 2.36 bits per heavy atom. The van der Waals surface area contributed by atoms with Gasteiger partial charge in [-0.1, -0.05) is 26.8 Å². The fourth-order valence-corrected chi connectivity index (χ4v) is 1.73. The fraction of sp³-hybridized carbons (Fsp3) is 0.800. The molecule has 0 saturated carbocycles. The lowest BCUT2D eigenvalue weighted by Crippen LogP contribution is -2.07. The van der Waals surface area contributed by atoms with Crippen molar-refractivity contribution >= 4 is 11.8 Å². The fourth-order valence-electron chi connectivity index (χ4n) is 0.769. The molecule has 0 heterocycles. The number of allylic oxidation sites excluding steroid dienone is 1. The predicted octanol–water partition coefficient (Wildman–Crippen LogP) is 3.87. The molecule has 0 aromatic heterocycles. The van der Waals surface area contributed by atoms with E-state index in [0.717, 1.165) is 0 Å². The molecule has 1 heteroatoms. The Labute approximate surface area is 75.5 Å². The molecule has 0 N–H and O–H groups in total. The van der Waals surface area contributed by atoms with E-state index in [4.69, 9.17) is 0 Å². The van der Waals surface area contributed by atoms with E-state index >= 15 is 0 Å². The summed E-state index contributed by atoms with van der Waals surface area (Å²) in [6.07, 6.45) is 5.80. The molecule has 0 aromatic carbocycles. The molecule has 0 bridgehead atoms. The van der Waals surface area contributed by atoms with E-state index in [2.05, 4.69) is 27.4 Å². The van der Waals surface area contributed by atoms with Crippen LogP contribution in [0.15, 0.2) is 12.7 Å². The molecule has 0 aliphatic heterocycles. The van der Waals surface area contributed by atoms with Gasteiger partial charge in [-0.3, -0.25) is 0 Å². The van der Waals surface area contributed by atoms with E-state index in [1.165, 1.54) is 25.0 Å². The topological polar surface area (TPSA) is 0 Å². The van der Waals surface area contributed by atoms with Crippen LogP contribution in [0.25, 0.3) is 0 Å². The van der Waals surface area contributed by atoms with Gasteiger partial charge >= 0.3 is 0 Å². The Morgan fingerprint density at radius 2 is 1.91 bits per heavy atom. The molecule has 0 rings (SSSR count). The van der Waals surface area contributed by atoms with Crippen LogP contribution < -0.4 is 0 Å². The van der Waals surface area contributed by atoms with E-state index < -0.39 is 0 Å². The molecule has 0 saturated heterocycles. The first kappa shape index (κ1) is 11.1. The standard InChI is InChI=1S/C10H20S/c1-5-6-7-8-9-11-10(2,3)4/h5H,1,6-9H2,2-4H3. The highest BCUT2D eigenvalue weighted by Crippen LogP contribution is 2.24. The van der Waals surface area contributed by atoms with Crippen molar-refractivity contribution in [2.75, 3.05) is 5.75 Å². The largest absolute Gasteiger partial charge is 0.156 e. The van der Waals surface area contributed by atoms with Crippen molar-refractivity contribution in [2.45, 2.75) is 44.8 Å². The molecule has 0 nitrogen and oxygen atoms in total. The van der Waals surface area contributed by atoms with Crippen LogP contribution in [0, 0.1) is 0 Å². The van der Waals surface area contributed by atoms with E-state index in [9.17, 15) is 0 Å². The molecule has 0 spiro atoms. The molecule has 0 amide bonds. The van der Waals surface area contributed by atoms with Gasteiger partial charge in [-0.25, -0.2) is 0 Å². The second kappa shape index (κ2) is 5.70. The molecule has 0 unspecified atom stereocenters. The van der Waals surface area contributed by atoms with Crippen LogP contribution in [0.1, 0.15) is 40.0 Å². The minimum Gasteiger partial charge on any atom is -0.156 e. The third-order valence-corrected chi connectivity index (χ3v) is 2.70. The van der Waals surface area contributed by atoms with Crippen molar-refractivity contribution in [3.05, 3.63) is 12.7 Å².